The molecular formula is C12H14BrN3O2. The van der Waals surface area contributed by atoms with Gasteiger partial charge in [-0.05, 0) is 35.8 Å². The van der Waals surface area contributed by atoms with Crippen molar-refractivity contribution in [3.8, 4) is 6.07 Å². The molecule has 1 aromatic rings. The molecule has 0 heterocycles. The van der Waals surface area contributed by atoms with Gasteiger partial charge in [0.25, 0.3) is 5.69 Å². The zero-order valence-corrected chi connectivity index (χ0v) is 11.9. The summed E-state index contributed by atoms with van der Waals surface area (Å²) in [5, 5.41) is 19.4. The van der Waals surface area contributed by atoms with Gasteiger partial charge in [0, 0.05) is 29.2 Å². The van der Waals surface area contributed by atoms with Crippen LogP contribution in [-0.2, 0) is 0 Å². The molecule has 0 bridgehead atoms. The van der Waals surface area contributed by atoms with Gasteiger partial charge in [0.2, 0.25) is 0 Å². The molecule has 0 aromatic heterocycles. The van der Waals surface area contributed by atoms with Gasteiger partial charge in [-0.3, -0.25) is 10.1 Å². The van der Waals surface area contributed by atoms with Crippen molar-refractivity contribution in [3.63, 3.8) is 0 Å². The Morgan fingerprint density at radius 3 is 2.72 bits per heavy atom. The van der Waals surface area contributed by atoms with Crippen LogP contribution in [0.15, 0.2) is 16.6 Å². The molecule has 18 heavy (non-hydrogen) atoms. The number of anilines is 1. The van der Waals surface area contributed by atoms with E-state index in [1.807, 2.05) is 11.8 Å². The summed E-state index contributed by atoms with van der Waals surface area (Å²) in [6.45, 7) is 5.06. The number of nitro groups is 1. The van der Waals surface area contributed by atoms with Gasteiger partial charge >= 0.3 is 0 Å². The van der Waals surface area contributed by atoms with Crippen molar-refractivity contribution in [2.75, 3.05) is 18.0 Å². The number of hydrogen-bond acceptors (Lipinski definition) is 4. The molecule has 96 valence electrons. The fourth-order valence-corrected chi connectivity index (χ4v) is 2.31. The molecule has 0 atom stereocenters. The first-order chi connectivity index (χ1) is 8.51. The van der Waals surface area contributed by atoms with Crippen molar-refractivity contribution < 1.29 is 4.92 Å². The first-order valence-electron chi connectivity index (χ1n) is 5.57. The van der Waals surface area contributed by atoms with Crippen LogP contribution in [0.5, 0.6) is 0 Å². The maximum atomic E-state index is 10.8. The zero-order valence-electron chi connectivity index (χ0n) is 10.3. The molecule has 0 amide bonds. The summed E-state index contributed by atoms with van der Waals surface area (Å²) in [5.41, 5.74) is 1.60. The third kappa shape index (κ3) is 3.20. The minimum atomic E-state index is -0.393. The SMILES string of the molecule is CCN(CCC#N)c1cc(C)c([N+](=O)[O-])cc1Br. The first kappa shape index (κ1) is 14.5. The quantitative estimate of drug-likeness (QED) is 0.617. The van der Waals surface area contributed by atoms with Gasteiger partial charge in [-0.15, -0.1) is 0 Å². The van der Waals surface area contributed by atoms with E-state index in [1.165, 1.54) is 6.07 Å². The third-order valence-corrected chi connectivity index (χ3v) is 3.31. The molecule has 0 saturated heterocycles. The normalized spacial score (nSPS) is 9.89. The predicted octanol–water partition coefficient (Wildman–Crippen LogP) is 3.41. The minimum Gasteiger partial charge on any atom is -0.370 e. The topological polar surface area (TPSA) is 70.2 Å². The molecule has 0 fully saturated rings. The number of benzene rings is 1. The number of aryl methyl sites for hydroxylation is 1. The van der Waals surface area contributed by atoms with Crippen molar-refractivity contribution in [3.05, 3.63) is 32.3 Å². The fourth-order valence-electron chi connectivity index (χ4n) is 1.73. The highest BCUT2D eigenvalue weighted by molar-refractivity contribution is 9.10. The second-order valence-electron chi connectivity index (χ2n) is 3.83. The molecule has 0 spiro atoms. The molecule has 1 aromatic carbocycles. The highest BCUT2D eigenvalue weighted by Gasteiger charge is 2.16. The van der Waals surface area contributed by atoms with E-state index in [4.69, 9.17) is 5.26 Å². The monoisotopic (exact) mass is 311 g/mol. The maximum Gasteiger partial charge on any atom is 0.273 e. The molecule has 0 radical (unpaired) electrons. The highest BCUT2D eigenvalue weighted by atomic mass is 79.9. The largest absolute Gasteiger partial charge is 0.370 e. The molecule has 0 aliphatic rings. The van der Waals surface area contributed by atoms with Crippen LogP contribution in [0.4, 0.5) is 11.4 Å². The number of halogens is 1. The third-order valence-electron chi connectivity index (χ3n) is 2.68. The number of nitro benzene ring substituents is 1. The Morgan fingerprint density at radius 1 is 1.56 bits per heavy atom. The average Bonchev–Trinajstić information content (AvgIpc) is 2.33. The lowest BCUT2D eigenvalue weighted by Crippen LogP contribution is -2.24. The second kappa shape index (κ2) is 6.36. The lowest BCUT2D eigenvalue weighted by Gasteiger charge is -2.23. The zero-order chi connectivity index (χ0) is 13.7. The van der Waals surface area contributed by atoms with Gasteiger partial charge in [-0.2, -0.15) is 5.26 Å². The van der Waals surface area contributed by atoms with Crippen LogP contribution in [0.2, 0.25) is 0 Å². The predicted molar refractivity (Wildman–Crippen MR) is 73.7 cm³/mol. The van der Waals surface area contributed by atoms with E-state index in [-0.39, 0.29) is 5.69 Å². The second-order valence-corrected chi connectivity index (χ2v) is 4.69. The Bertz CT molecular complexity index is 497. The molecule has 6 heteroatoms. The van der Waals surface area contributed by atoms with Crippen LogP contribution in [0.25, 0.3) is 0 Å². The number of rotatable bonds is 5. The molecule has 0 unspecified atom stereocenters. The number of hydrogen-bond donors (Lipinski definition) is 0. The minimum absolute atomic E-state index is 0.0990. The summed E-state index contributed by atoms with van der Waals surface area (Å²) in [4.78, 5) is 12.4. The number of nitriles is 1. The van der Waals surface area contributed by atoms with Crippen molar-refractivity contribution in [2.45, 2.75) is 20.3 Å². The van der Waals surface area contributed by atoms with Crippen LogP contribution >= 0.6 is 15.9 Å². The molecule has 0 aliphatic heterocycles. The summed E-state index contributed by atoms with van der Waals surface area (Å²) in [7, 11) is 0. The van der Waals surface area contributed by atoms with Gasteiger partial charge in [0.1, 0.15) is 0 Å². The van der Waals surface area contributed by atoms with Gasteiger partial charge in [0.15, 0.2) is 0 Å². The van der Waals surface area contributed by atoms with Crippen LogP contribution in [-0.4, -0.2) is 18.0 Å². The maximum absolute atomic E-state index is 10.8. The Balaban J connectivity index is 3.13. The Kier molecular flexibility index (Phi) is 5.10. The van der Waals surface area contributed by atoms with Crippen molar-refractivity contribution in [1.29, 1.82) is 5.26 Å². The standard InChI is InChI=1S/C12H14BrN3O2/c1-3-15(6-4-5-14)12-7-9(2)11(16(17)18)8-10(12)13/h7-8H,3-4,6H2,1-2H3. The van der Waals surface area contributed by atoms with E-state index in [0.29, 0.717) is 23.0 Å². The molecule has 5 nitrogen and oxygen atoms in total. The highest BCUT2D eigenvalue weighted by Crippen LogP contribution is 2.33. The van der Waals surface area contributed by atoms with E-state index in [1.54, 1.807) is 13.0 Å². The van der Waals surface area contributed by atoms with Gasteiger partial charge in [-0.25, -0.2) is 0 Å². The smallest absolute Gasteiger partial charge is 0.273 e. The Morgan fingerprint density at radius 2 is 2.22 bits per heavy atom. The van der Waals surface area contributed by atoms with Gasteiger partial charge in [0.05, 0.1) is 23.1 Å². The van der Waals surface area contributed by atoms with Crippen molar-refractivity contribution in [1.82, 2.24) is 0 Å². The molecule has 0 aliphatic carbocycles. The van der Waals surface area contributed by atoms with E-state index >= 15 is 0 Å². The Hall–Kier alpha value is -1.61. The van der Waals surface area contributed by atoms with Crippen LogP contribution in [0, 0.1) is 28.4 Å². The first-order valence-corrected chi connectivity index (χ1v) is 6.37. The summed E-state index contributed by atoms with van der Waals surface area (Å²) in [6, 6.07) is 5.40. The average molecular weight is 312 g/mol. The fraction of sp³-hybridized carbons (Fsp3) is 0.417. The summed E-state index contributed by atoms with van der Waals surface area (Å²) < 4.78 is 0.680. The van der Waals surface area contributed by atoms with Gasteiger partial charge < -0.3 is 4.90 Å². The van der Waals surface area contributed by atoms with Crippen LogP contribution in [0.3, 0.4) is 0 Å². The molecule has 1 rings (SSSR count). The Labute approximate surface area is 114 Å². The lowest BCUT2D eigenvalue weighted by molar-refractivity contribution is -0.385. The van der Waals surface area contributed by atoms with E-state index in [2.05, 4.69) is 22.0 Å². The summed E-state index contributed by atoms with van der Waals surface area (Å²) in [5.74, 6) is 0. The molecular weight excluding hydrogens is 298 g/mol. The van der Waals surface area contributed by atoms with Crippen molar-refractivity contribution in [2.24, 2.45) is 0 Å². The van der Waals surface area contributed by atoms with E-state index in [0.717, 1.165) is 12.2 Å². The summed E-state index contributed by atoms with van der Waals surface area (Å²) >= 11 is 3.35. The van der Waals surface area contributed by atoms with Gasteiger partial charge in [-0.1, -0.05) is 0 Å². The number of nitrogens with zero attached hydrogens (tertiary/aromatic N) is 3. The summed E-state index contributed by atoms with van der Waals surface area (Å²) in [6.07, 6.45) is 0.427. The lowest BCUT2D eigenvalue weighted by atomic mass is 10.1. The van der Waals surface area contributed by atoms with Crippen LogP contribution in [0.1, 0.15) is 18.9 Å². The van der Waals surface area contributed by atoms with E-state index in [9.17, 15) is 10.1 Å². The molecule has 0 saturated carbocycles. The molecule has 0 N–H and O–H groups in total. The van der Waals surface area contributed by atoms with Crippen LogP contribution < -0.4 is 4.90 Å². The van der Waals surface area contributed by atoms with Crippen molar-refractivity contribution >= 4 is 27.3 Å². The van der Waals surface area contributed by atoms with E-state index < -0.39 is 4.92 Å².